The molecule has 0 aromatic heterocycles. The number of unbranched alkanes of at least 4 members (excludes halogenated alkanes) is 1. The normalized spacial score (nSPS) is 21.2. The highest BCUT2D eigenvalue weighted by atomic mass is 79.9. The Morgan fingerprint density at radius 2 is 1.70 bits per heavy atom. The van der Waals surface area contributed by atoms with Gasteiger partial charge < -0.3 is 9.47 Å². The van der Waals surface area contributed by atoms with Crippen LogP contribution in [0.3, 0.4) is 0 Å². The van der Waals surface area contributed by atoms with Crippen molar-refractivity contribution in [3.63, 3.8) is 0 Å². The first-order valence-electron chi connectivity index (χ1n) is 12.9. The number of methoxy groups -OCH3 is 2. The zero-order valence-corrected chi connectivity index (χ0v) is 24.4. The van der Waals surface area contributed by atoms with Gasteiger partial charge in [0.25, 0.3) is 0 Å². The molecule has 0 fully saturated rings. The van der Waals surface area contributed by atoms with Crippen LogP contribution in [0, 0.1) is 0 Å². The van der Waals surface area contributed by atoms with Crippen LogP contribution in [-0.2, 0) is 16.6 Å². The zero-order valence-electron chi connectivity index (χ0n) is 22.0. The number of hydrogen-bond acceptors (Lipinski definition) is 4. The number of ether oxygens (including phenoxy) is 2. The summed E-state index contributed by atoms with van der Waals surface area (Å²) in [4.78, 5) is 0.321. The van der Waals surface area contributed by atoms with Crippen LogP contribution in [0.15, 0.2) is 76.1 Å². The maximum absolute atomic E-state index is 14.7. The van der Waals surface area contributed by atoms with Crippen LogP contribution in [0.1, 0.15) is 68.6 Å². The number of benzene rings is 3. The quantitative estimate of drug-likeness (QED) is 0.260. The first-order valence-corrected chi connectivity index (χ1v) is 15.1. The van der Waals surface area contributed by atoms with Crippen LogP contribution in [0.25, 0.3) is 0 Å². The van der Waals surface area contributed by atoms with Crippen molar-refractivity contribution in [2.24, 2.45) is 0 Å². The molecular formula is C30H36BrNO4S. The lowest BCUT2D eigenvalue weighted by Crippen LogP contribution is -2.50. The third-order valence-corrected chi connectivity index (χ3v) is 10.3. The number of sulfonamides is 1. The second-order valence-corrected chi connectivity index (χ2v) is 12.4. The van der Waals surface area contributed by atoms with E-state index in [0.717, 1.165) is 52.6 Å². The second kappa shape index (κ2) is 11.6. The Balaban J connectivity index is 1.97. The third-order valence-electron chi connectivity index (χ3n) is 7.68. The first-order chi connectivity index (χ1) is 17.8. The van der Waals surface area contributed by atoms with Gasteiger partial charge in [0.15, 0.2) is 0 Å². The number of halogens is 1. The summed E-state index contributed by atoms with van der Waals surface area (Å²) in [5.41, 5.74) is 2.32. The average Bonchev–Trinajstić information content (AvgIpc) is 2.99. The topological polar surface area (TPSA) is 55.8 Å². The van der Waals surface area contributed by atoms with E-state index in [4.69, 9.17) is 9.47 Å². The predicted octanol–water partition coefficient (Wildman–Crippen LogP) is 7.53. The average molecular weight is 587 g/mol. The molecule has 1 aliphatic heterocycles. The lowest BCUT2D eigenvalue weighted by Gasteiger charge is -2.43. The van der Waals surface area contributed by atoms with Crippen LogP contribution in [0.2, 0.25) is 0 Å². The molecule has 1 aliphatic rings. The van der Waals surface area contributed by atoms with Crippen LogP contribution < -0.4 is 9.47 Å². The summed E-state index contributed by atoms with van der Waals surface area (Å²) in [6.07, 6.45) is 4.17. The standard InChI is InChI=1S/C30H36BrNO4S/c1-5-7-17-30(6-2)20-26(23-11-9-8-10-12-23)25-18-27(31)28(36-4)19-29(25)37(33,34)32(30)21-22-13-15-24(35-3)16-14-22/h8-16,18-19,26H,5-7,17,20-21H2,1-4H3. The summed E-state index contributed by atoms with van der Waals surface area (Å²) >= 11 is 3.62. The van der Waals surface area contributed by atoms with Gasteiger partial charge in [-0.3, -0.25) is 0 Å². The molecule has 0 bridgehead atoms. The fourth-order valence-corrected chi connectivity index (χ4v) is 8.17. The summed E-state index contributed by atoms with van der Waals surface area (Å²) in [6.45, 7) is 4.58. The molecule has 0 radical (unpaired) electrons. The molecule has 0 N–H and O–H groups in total. The van der Waals surface area contributed by atoms with Crippen molar-refractivity contribution in [2.75, 3.05) is 14.2 Å². The first kappa shape index (κ1) is 27.7. The molecule has 0 saturated carbocycles. The fraction of sp³-hybridized carbons (Fsp3) is 0.400. The van der Waals surface area contributed by atoms with E-state index in [0.29, 0.717) is 23.6 Å². The predicted molar refractivity (Wildman–Crippen MR) is 152 cm³/mol. The Hall–Kier alpha value is -2.35. The summed E-state index contributed by atoms with van der Waals surface area (Å²) in [6, 6.07) is 21.6. The van der Waals surface area contributed by atoms with Crippen molar-refractivity contribution in [1.82, 2.24) is 4.31 Å². The number of fused-ring (bicyclic) bond motifs is 1. The number of nitrogens with zero attached hydrogens (tertiary/aromatic N) is 1. The Bertz CT molecular complexity index is 1310. The molecule has 0 aliphatic carbocycles. The Morgan fingerprint density at radius 1 is 1.00 bits per heavy atom. The molecule has 0 saturated heterocycles. The van der Waals surface area contributed by atoms with Crippen molar-refractivity contribution in [3.05, 3.63) is 87.9 Å². The monoisotopic (exact) mass is 585 g/mol. The maximum atomic E-state index is 14.7. The second-order valence-electron chi connectivity index (χ2n) is 9.73. The Morgan fingerprint density at radius 3 is 2.30 bits per heavy atom. The molecule has 198 valence electrons. The smallest absolute Gasteiger partial charge is 0.244 e. The van der Waals surface area contributed by atoms with E-state index >= 15 is 0 Å². The molecule has 0 amide bonds. The van der Waals surface area contributed by atoms with Crippen LogP contribution in [0.4, 0.5) is 0 Å². The van der Waals surface area contributed by atoms with E-state index in [9.17, 15) is 8.42 Å². The van der Waals surface area contributed by atoms with Crippen molar-refractivity contribution >= 4 is 26.0 Å². The van der Waals surface area contributed by atoms with E-state index < -0.39 is 15.6 Å². The molecule has 1 heterocycles. The van der Waals surface area contributed by atoms with Gasteiger partial charge in [0.2, 0.25) is 10.0 Å². The van der Waals surface area contributed by atoms with Crippen molar-refractivity contribution < 1.29 is 17.9 Å². The maximum Gasteiger partial charge on any atom is 0.244 e. The molecule has 5 nitrogen and oxygen atoms in total. The molecule has 0 spiro atoms. The van der Waals surface area contributed by atoms with Gasteiger partial charge in [0.1, 0.15) is 11.5 Å². The molecular weight excluding hydrogens is 550 g/mol. The van der Waals surface area contributed by atoms with Gasteiger partial charge in [-0.25, -0.2) is 8.42 Å². The highest BCUT2D eigenvalue weighted by molar-refractivity contribution is 9.10. The Kier molecular flexibility index (Phi) is 8.66. The van der Waals surface area contributed by atoms with E-state index in [2.05, 4.69) is 41.9 Å². The van der Waals surface area contributed by atoms with Gasteiger partial charge in [0.05, 0.1) is 23.6 Å². The lowest BCUT2D eigenvalue weighted by molar-refractivity contribution is 0.139. The summed E-state index contributed by atoms with van der Waals surface area (Å²) < 4.78 is 42.8. The molecule has 3 aromatic carbocycles. The Labute approximate surface area is 230 Å². The molecule has 7 heteroatoms. The number of hydrogen-bond donors (Lipinski definition) is 0. The minimum atomic E-state index is -3.87. The van der Waals surface area contributed by atoms with Crippen LogP contribution in [-0.4, -0.2) is 32.5 Å². The molecule has 2 unspecified atom stereocenters. The SMILES string of the molecule is CCCCC1(CC)CC(c2ccccc2)c2cc(Br)c(OC)cc2S(=O)(=O)N1Cc1ccc(OC)cc1. The van der Waals surface area contributed by atoms with Gasteiger partial charge in [-0.2, -0.15) is 4.31 Å². The number of rotatable bonds is 9. The summed E-state index contributed by atoms with van der Waals surface area (Å²) in [7, 11) is -0.673. The molecule has 37 heavy (non-hydrogen) atoms. The van der Waals surface area contributed by atoms with E-state index in [-0.39, 0.29) is 5.92 Å². The third kappa shape index (κ3) is 5.45. The highest BCUT2D eigenvalue weighted by Crippen LogP contribution is 2.50. The van der Waals surface area contributed by atoms with E-state index in [1.165, 1.54) is 0 Å². The largest absolute Gasteiger partial charge is 0.497 e. The fourth-order valence-electron chi connectivity index (χ4n) is 5.53. The van der Waals surface area contributed by atoms with E-state index in [1.54, 1.807) is 24.6 Å². The minimum absolute atomic E-state index is 0.0779. The van der Waals surface area contributed by atoms with Gasteiger partial charge in [0, 0.05) is 24.1 Å². The van der Waals surface area contributed by atoms with Crippen molar-refractivity contribution in [2.45, 2.75) is 68.8 Å². The van der Waals surface area contributed by atoms with Gasteiger partial charge in [-0.15, -0.1) is 0 Å². The van der Waals surface area contributed by atoms with Crippen molar-refractivity contribution in [1.29, 1.82) is 0 Å². The van der Waals surface area contributed by atoms with Crippen LogP contribution >= 0.6 is 15.9 Å². The highest BCUT2D eigenvalue weighted by Gasteiger charge is 2.48. The zero-order chi connectivity index (χ0) is 26.6. The molecule has 2 atom stereocenters. The van der Waals surface area contributed by atoms with Gasteiger partial charge in [-0.05, 0) is 70.1 Å². The molecule has 4 rings (SSSR count). The molecule has 3 aromatic rings. The van der Waals surface area contributed by atoms with Crippen LogP contribution in [0.5, 0.6) is 11.5 Å². The van der Waals surface area contributed by atoms with Crippen molar-refractivity contribution in [3.8, 4) is 11.5 Å². The summed E-state index contributed by atoms with van der Waals surface area (Å²) in [5, 5.41) is 0. The minimum Gasteiger partial charge on any atom is -0.497 e. The van der Waals surface area contributed by atoms with E-state index in [1.807, 2.05) is 48.5 Å². The lowest BCUT2D eigenvalue weighted by atomic mass is 9.76. The summed E-state index contributed by atoms with van der Waals surface area (Å²) in [5.74, 6) is 1.18. The van der Waals surface area contributed by atoms with Gasteiger partial charge in [-0.1, -0.05) is 69.2 Å². The van der Waals surface area contributed by atoms with Gasteiger partial charge >= 0.3 is 0 Å².